The molecule has 2 rings (SSSR count). The lowest BCUT2D eigenvalue weighted by Crippen LogP contribution is -2.25. The van der Waals surface area contributed by atoms with Gasteiger partial charge in [-0.3, -0.25) is 4.79 Å². The third-order valence-electron chi connectivity index (χ3n) is 3.38. The van der Waals surface area contributed by atoms with Gasteiger partial charge in [0.05, 0.1) is 6.54 Å². The Balaban J connectivity index is 2.05. The van der Waals surface area contributed by atoms with E-state index in [0.717, 1.165) is 11.4 Å². The second-order valence-corrected chi connectivity index (χ2v) is 5.23. The number of nitrogens with zero attached hydrogens (tertiary/aromatic N) is 3. The van der Waals surface area contributed by atoms with E-state index in [1.54, 1.807) is 6.33 Å². The Hall–Kier alpha value is -2.17. The van der Waals surface area contributed by atoms with Crippen LogP contribution >= 0.6 is 0 Å². The van der Waals surface area contributed by atoms with Gasteiger partial charge >= 0.3 is 0 Å². The summed E-state index contributed by atoms with van der Waals surface area (Å²) in [5.74, 6) is 0.670. The van der Waals surface area contributed by atoms with Crippen molar-refractivity contribution in [2.75, 3.05) is 0 Å². The molecule has 5 nitrogen and oxygen atoms in total. The van der Waals surface area contributed by atoms with Crippen LogP contribution in [0.3, 0.4) is 0 Å². The number of hydrogen-bond donors (Lipinski definition) is 1. The van der Waals surface area contributed by atoms with Gasteiger partial charge in [-0.05, 0) is 51.0 Å². The number of aryl methyl sites for hydroxylation is 2. The molecule has 106 valence electrons. The van der Waals surface area contributed by atoms with Crippen LogP contribution in [0.2, 0.25) is 0 Å². The number of hydrogen-bond acceptors (Lipinski definition) is 3. The number of carbonyl (C=O) groups excluding carboxylic acids is 1. The predicted octanol–water partition coefficient (Wildman–Crippen LogP) is 2.41. The molecule has 2 aromatic rings. The van der Waals surface area contributed by atoms with Gasteiger partial charge in [0, 0.05) is 11.6 Å². The third-order valence-corrected chi connectivity index (χ3v) is 3.38. The quantitative estimate of drug-likeness (QED) is 0.929. The summed E-state index contributed by atoms with van der Waals surface area (Å²) in [6.45, 7) is 8.52. The molecule has 0 aliphatic heterocycles. The molecule has 5 heteroatoms. The first-order chi connectivity index (χ1) is 9.49. The number of benzene rings is 1. The third kappa shape index (κ3) is 3.04. The van der Waals surface area contributed by atoms with Gasteiger partial charge < -0.3 is 9.88 Å². The molecule has 0 saturated heterocycles. The molecular formula is C15H20N4O. The van der Waals surface area contributed by atoms with Crippen LogP contribution in [-0.2, 0) is 6.54 Å². The predicted molar refractivity (Wildman–Crippen MR) is 77.5 cm³/mol. The molecular weight excluding hydrogens is 252 g/mol. The fraction of sp³-hybridized carbons (Fsp3) is 0.400. The molecule has 0 fully saturated rings. The van der Waals surface area contributed by atoms with Crippen molar-refractivity contribution in [1.29, 1.82) is 0 Å². The van der Waals surface area contributed by atoms with Crippen LogP contribution in [0.1, 0.15) is 47.2 Å². The molecule has 0 atom stereocenters. The highest BCUT2D eigenvalue weighted by atomic mass is 16.1. The van der Waals surface area contributed by atoms with E-state index in [0.29, 0.717) is 12.1 Å². The molecule has 0 bridgehead atoms. The first-order valence-electron chi connectivity index (χ1n) is 6.73. The van der Waals surface area contributed by atoms with E-state index in [1.807, 2.05) is 36.6 Å². The normalized spacial score (nSPS) is 10.8. The fourth-order valence-corrected chi connectivity index (χ4v) is 1.97. The van der Waals surface area contributed by atoms with Crippen LogP contribution in [0.5, 0.6) is 0 Å². The Morgan fingerprint density at radius 1 is 1.30 bits per heavy atom. The average molecular weight is 272 g/mol. The number of rotatable bonds is 4. The van der Waals surface area contributed by atoms with Gasteiger partial charge in [-0.15, -0.1) is 10.2 Å². The molecule has 1 aromatic carbocycles. The highest BCUT2D eigenvalue weighted by molar-refractivity contribution is 5.94. The van der Waals surface area contributed by atoms with Gasteiger partial charge in [-0.1, -0.05) is 6.07 Å². The maximum absolute atomic E-state index is 12.1. The molecule has 1 aromatic heterocycles. The largest absolute Gasteiger partial charge is 0.345 e. The average Bonchev–Trinajstić information content (AvgIpc) is 2.87. The maximum Gasteiger partial charge on any atom is 0.251 e. The van der Waals surface area contributed by atoms with Crippen LogP contribution in [0, 0.1) is 13.8 Å². The van der Waals surface area contributed by atoms with Gasteiger partial charge in [-0.2, -0.15) is 0 Å². The zero-order valence-corrected chi connectivity index (χ0v) is 12.3. The number of aromatic nitrogens is 3. The standard InChI is InChI=1S/C15H20N4O/c1-10(2)19-9-17-18-14(19)8-16-15(20)13-6-5-11(3)12(4)7-13/h5-7,9-10H,8H2,1-4H3,(H,16,20). The van der Waals surface area contributed by atoms with Crippen molar-refractivity contribution in [3.63, 3.8) is 0 Å². The molecule has 0 aliphatic carbocycles. The Morgan fingerprint density at radius 3 is 2.70 bits per heavy atom. The van der Waals surface area contributed by atoms with Crippen molar-refractivity contribution < 1.29 is 4.79 Å². The molecule has 1 heterocycles. The van der Waals surface area contributed by atoms with E-state index in [1.165, 1.54) is 5.56 Å². The SMILES string of the molecule is Cc1ccc(C(=O)NCc2nncn2C(C)C)cc1C. The smallest absolute Gasteiger partial charge is 0.251 e. The maximum atomic E-state index is 12.1. The minimum atomic E-state index is -0.0913. The number of amides is 1. The topological polar surface area (TPSA) is 59.8 Å². The van der Waals surface area contributed by atoms with E-state index < -0.39 is 0 Å². The van der Waals surface area contributed by atoms with Crippen molar-refractivity contribution in [3.05, 3.63) is 47.0 Å². The molecule has 0 spiro atoms. The zero-order valence-electron chi connectivity index (χ0n) is 12.3. The van der Waals surface area contributed by atoms with Gasteiger partial charge in [0.15, 0.2) is 5.82 Å². The van der Waals surface area contributed by atoms with Crippen LogP contribution in [0.25, 0.3) is 0 Å². The molecule has 0 aliphatic rings. The molecule has 1 N–H and O–H groups in total. The molecule has 0 saturated carbocycles. The van der Waals surface area contributed by atoms with Crippen molar-refractivity contribution in [2.45, 2.75) is 40.3 Å². The lowest BCUT2D eigenvalue weighted by molar-refractivity contribution is 0.0949. The van der Waals surface area contributed by atoms with E-state index in [2.05, 4.69) is 29.4 Å². The monoisotopic (exact) mass is 272 g/mol. The Morgan fingerprint density at radius 2 is 2.05 bits per heavy atom. The lowest BCUT2D eigenvalue weighted by atomic mass is 10.1. The summed E-state index contributed by atoms with van der Waals surface area (Å²) < 4.78 is 1.95. The first-order valence-corrected chi connectivity index (χ1v) is 6.73. The van der Waals surface area contributed by atoms with Crippen molar-refractivity contribution in [3.8, 4) is 0 Å². The Bertz CT molecular complexity index is 616. The summed E-state index contributed by atoms with van der Waals surface area (Å²) >= 11 is 0. The van der Waals surface area contributed by atoms with E-state index in [4.69, 9.17) is 0 Å². The summed E-state index contributed by atoms with van der Waals surface area (Å²) in [5.41, 5.74) is 2.97. The first kappa shape index (κ1) is 14.2. The summed E-state index contributed by atoms with van der Waals surface area (Å²) in [5, 5.41) is 10.8. The van der Waals surface area contributed by atoms with Crippen LogP contribution < -0.4 is 5.32 Å². The van der Waals surface area contributed by atoms with Crippen molar-refractivity contribution >= 4 is 5.91 Å². The van der Waals surface area contributed by atoms with E-state index >= 15 is 0 Å². The van der Waals surface area contributed by atoms with Gasteiger partial charge in [0.1, 0.15) is 6.33 Å². The fourth-order valence-electron chi connectivity index (χ4n) is 1.97. The highest BCUT2D eigenvalue weighted by Crippen LogP contribution is 2.10. The number of nitrogens with one attached hydrogen (secondary N) is 1. The second kappa shape index (κ2) is 5.86. The van der Waals surface area contributed by atoms with Crippen LogP contribution in [0.15, 0.2) is 24.5 Å². The van der Waals surface area contributed by atoms with Crippen molar-refractivity contribution in [2.24, 2.45) is 0 Å². The Labute approximate surface area is 119 Å². The molecule has 1 amide bonds. The molecule has 0 radical (unpaired) electrons. The summed E-state index contributed by atoms with van der Waals surface area (Å²) in [7, 11) is 0. The Kier molecular flexibility index (Phi) is 4.17. The van der Waals surface area contributed by atoms with Gasteiger partial charge in [-0.25, -0.2) is 0 Å². The summed E-state index contributed by atoms with van der Waals surface area (Å²) in [6.07, 6.45) is 1.68. The van der Waals surface area contributed by atoms with Crippen molar-refractivity contribution in [1.82, 2.24) is 20.1 Å². The van der Waals surface area contributed by atoms with Gasteiger partial charge in [0.25, 0.3) is 5.91 Å². The van der Waals surface area contributed by atoms with E-state index in [9.17, 15) is 4.79 Å². The minimum absolute atomic E-state index is 0.0913. The molecule has 20 heavy (non-hydrogen) atoms. The zero-order chi connectivity index (χ0) is 14.7. The highest BCUT2D eigenvalue weighted by Gasteiger charge is 2.10. The lowest BCUT2D eigenvalue weighted by Gasteiger charge is -2.11. The summed E-state index contributed by atoms with van der Waals surface area (Å²) in [4.78, 5) is 12.1. The molecule has 0 unspecified atom stereocenters. The van der Waals surface area contributed by atoms with Crippen LogP contribution in [0.4, 0.5) is 0 Å². The van der Waals surface area contributed by atoms with Gasteiger partial charge in [0.2, 0.25) is 0 Å². The second-order valence-electron chi connectivity index (χ2n) is 5.23. The minimum Gasteiger partial charge on any atom is -0.345 e. The summed E-state index contributed by atoms with van der Waals surface area (Å²) in [6, 6.07) is 5.97. The van der Waals surface area contributed by atoms with Crippen LogP contribution in [-0.4, -0.2) is 20.7 Å². The van der Waals surface area contributed by atoms with E-state index in [-0.39, 0.29) is 11.9 Å². The number of carbonyl (C=O) groups is 1.